The van der Waals surface area contributed by atoms with E-state index < -0.39 is 16.8 Å². The fourth-order valence-corrected chi connectivity index (χ4v) is 3.75. The van der Waals surface area contributed by atoms with Gasteiger partial charge in [-0.05, 0) is 25.0 Å². The van der Waals surface area contributed by atoms with Gasteiger partial charge >= 0.3 is 6.09 Å². The molecule has 1 aliphatic rings. The van der Waals surface area contributed by atoms with Crippen LogP contribution in [0.4, 0.5) is 14.3 Å². The minimum absolute atomic E-state index is 0.181. The van der Waals surface area contributed by atoms with Crippen molar-refractivity contribution in [2.24, 2.45) is 0 Å². The van der Waals surface area contributed by atoms with E-state index in [1.54, 1.807) is 24.3 Å². The highest BCUT2D eigenvalue weighted by Crippen LogP contribution is 2.40. The zero-order chi connectivity index (χ0) is 17.3. The van der Waals surface area contributed by atoms with Crippen LogP contribution in [0.1, 0.15) is 32.3 Å². The molecule has 0 aliphatic carbocycles. The standard InChI is InChI=1S/C17H16FN3O2S/c1-3-17(4-2)10-23-16(22)21(17)15-20-13(14(18)24-15)12-7-5-11(9-19)6-8-12/h5-8H,3-4,10H2,1-2H3. The number of nitrogens with zero attached hydrogens (tertiary/aromatic N) is 3. The van der Waals surface area contributed by atoms with Crippen LogP contribution >= 0.6 is 11.3 Å². The maximum atomic E-state index is 14.4. The van der Waals surface area contributed by atoms with Gasteiger partial charge in [0, 0.05) is 5.56 Å². The summed E-state index contributed by atoms with van der Waals surface area (Å²) >= 11 is 0.836. The van der Waals surface area contributed by atoms with Crippen molar-refractivity contribution in [2.75, 3.05) is 11.5 Å². The molecule has 2 heterocycles. The quantitative estimate of drug-likeness (QED) is 0.827. The number of halogens is 1. The fourth-order valence-electron chi connectivity index (χ4n) is 2.84. The van der Waals surface area contributed by atoms with E-state index in [9.17, 15) is 9.18 Å². The number of hydrogen-bond donors (Lipinski definition) is 0. The van der Waals surface area contributed by atoms with Gasteiger partial charge in [0.25, 0.3) is 0 Å². The number of thiazole rings is 1. The predicted octanol–water partition coefficient (Wildman–Crippen LogP) is 4.34. The summed E-state index contributed by atoms with van der Waals surface area (Å²) in [5.74, 6) is 0. The Balaban J connectivity index is 2.02. The van der Waals surface area contributed by atoms with Crippen LogP contribution in [0.15, 0.2) is 24.3 Å². The van der Waals surface area contributed by atoms with Gasteiger partial charge in [-0.1, -0.05) is 37.3 Å². The number of hydrogen-bond acceptors (Lipinski definition) is 5. The average molecular weight is 345 g/mol. The number of rotatable bonds is 4. The third-order valence-electron chi connectivity index (χ3n) is 4.49. The van der Waals surface area contributed by atoms with E-state index in [1.165, 1.54) is 4.90 Å². The van der Waals surface area contributed by atoms with Crippen LogP contribution in [0.25, 0.3) is 11.3 Å². The molecule has 5 nitrogen and oxygen atoms in total. The van der Waals surface area contributed by atoms with E-state index in [0.717, 1.165) is 11.3 Å². The van der Waals surface area contributed by atoms with E-state index >= 15 is 0 Å². The van der Waals surface area contributed by atoms with Crippen LogP contribution in [0, 0.1) is 16.5 Å². The molecule has 2 aromatic rings. The van der Waals surface area contributed by atoms with E-state index in [0.29, 0.717) is 29.1 Å². The van der Waals surface area contributed by atoms with Crippen molar-refractivity contribution < 1.29 is 13.9 Å². The second-order valence-corrected chi connectivity index (χ2v) is 6.56. The summed E-state index contributed by atoms with van der Waals surface area (Å²) in [5.41, 5.74) is 0.762. The molecular formula is C17H16FN3O2S. The molecule has 1 amide bonds. The second kappa shape index (κ2) is 6.21. The van der Waals surface area contributed by atoms with Crippen LogP contribution in [0.2, 0.25) is 0 Å². The summed E-state index contributed by atoms with van der Waals surface area (Å²) in [6, 6.07) is 8.54. The van der Waals surface area contributed by atoms with Gasteiger partial charge in [0.15, 0.2) is 5.13 Å². The molecule has 124 valence electrons. The van der Waals surface area contributed by atoms with Gasteiger partial charge in [0.1, 0.15) is 12.3 Å². The Morgan fingerprint density at radius 3 is 2.62 bits per heavy atom. The zero-order valence-electron chi connectivity index (χ0n) is 13.4. The van der Waals surface area contributed by atoms with Gasteiger partial charge in [0.2, 0.25) is 5.13 Å². The summed E-state index contributed by atoms with van der Waals surface area (Å²) in [6.45, 7) is 4.24. The first kappa shape index (κ1) is 16.4. The van der Waals surface area contributed by atoms with E-state index in [2.05, 4.69) is 4.98 Å². The monoisotopic (exact) mass is 345 g/mol. The highest BCUT2D eigenvalue weighted by Gasteiger charge is 2.47. The summed E-state index contributed by atoms with van der Waals surface area (Å²) in [6.07, 6.45) is 0.907. The first-order chi connectivity index (χ1) is 11.5. The number of nitriles is 1. The fraction of sp³-hybridized carbons (Fsp3) is 0.353. The Kier molecular flexibility index (Phi) is 4.24. The van der Waals surface area contributed by atoms with Crippen molar-refractivity contribution in [1.82, 2.24) is 4.98 Å². The van der Waals surface area contributed by atoms with Crippen LogP contribution in [0.3, 0.4) is 0 Å². The normalized spacial score (nSPS) is 16.1. The molecule has 3 rings (SSSR count). The van der Waals surface area contributed by atoms with Crippen LogP contribution in [-0.2, 0) is 4.74 Å². The van der Waals surface area contributed by atoms with Crippen molar-refractivity contribution in [3.8, 4) is 17.3 Å². The van der Waals surface area contributed by atoms with Gasteiger partial charge in [-0.15, -0.1) is 0 Å². The number of carbonyl (C=O) groups is 1. The first-order valence-corrected chi connectivity index (χ1v) is 8.50. The molecule has 1 saturated heterocycles. The van der Waals surface area contributed by atoms with Gasteiger partial charge in [-0.2, -0.15) is 9.65 Å². The Morgan fingerprint density at radius 2 is 2.04 bits per heavy atom. The number of cyclic esters (lactones) is 1. The summed E-state index contributed by atoms with van der Waals surface area (Å²) in [4.78, 5) is 18.0. The van der Waals surface area contributed by atoms with Crippen molar-refractivity contribution in [1.29, 1.82) is 5.26 Å². The Morgan fingerprint density at radius 1 is 1.38 bits per heavy atom. The maximum Gasteiger partial charge on any atom is 0.416 e. The molecule has 7 heteroatoms. The molecule has 0 bridgehead atoms. The van der Waals surface area contributed by atoms with Gasteiger partial charge in [0.05, 0.1) is 17.2 Å². The number of amides is 1. The average Bonchev–Trinajstić information content (AvgIpc) is 3.15. The molecule has 0 atom stereocenters. The van der Waals surface area contributed by atoms with Crippen LogP contribution in [-0.4, -0.2) is 23.2 Å². The first-order valence-electron chi connectivity index (χ1n) is 7.68. The zero-order valence-corrected chi connectivity index (χ0v) is 14.2. The minimum Gasteiger partial charge on any atom is -0.447 e. The minimum atomic E-state index is -0.487. The number of aromatic nitrogens is 1. The predicted molar refractivity (Wildman–Crippen MR) is 89.4 cm³/mol. The highest BCUT2D eigenvalue weighted by atomic mass is 32.1. The molecule has 0 unspecified atom stereocenters. The van der Waals surface area contributed by atoms with Crippen LogP contribution < -0.4 is 4.90 Å². The topological polar surface area (TPSA) is 66.2 Å². The van der Waals surface area contributed by atoms with Gasteiger partial charge in [-0.25, -0.2) is 14.7 Å². The molecule has 0 N–H and O–H groups in total. The second-order valence-electron chi connectivity index (χ2n) is 5.63. The highest BCUT2D eigenvalue weighted by molar-refractivity contribution is 7.14. The summed E-state index contributed by atoms with van der Waals surface area (Å²) in [7, 11) is 0. The van der Waals surface area contributed by atoms with E-state index in [-0.39, 0.29) is 12.3 Å². The number of carbonyl (C=O) groups excluding carboxylic acids is 1. The number of anilines is 1. The van der Waals surface area contributed by atoms with E-state index in [1.807, 2.05) is 19.9 Å². The van der Waals surface area contributed by atoms with Crippen molar-refractivity contribution in [2.45, 2.75) is 32.2 Å². The summed E-state index contributed by atoms with van der Waals surface area (Å²) in [5, 5.41) is 8.69. The Hall–Kier alpha value is -2.46. The molecule has 1 aromatic heterocycles. The van der Waals surface area contributed by atoms with Gasteiger partial charge < -0.3 is 4.74 Å². The van der Waals surface area contributed by atoms with Crippen molar-refractivity contribution in [3.05, 3.63) is 35.0 Å². The Bertz CT molecular complexity index is 806. The molecule has 0 saturated carbocycles. The molecule has 1 fully saturated rings. The van der Waals surface area contributed by atoms with Crippen molar-refractivity contribution >= 4 is 22.6 Å². The number of benzene rings is 1. The number of ether oxygens (including phenoxy) is 1. The third-order valence-corrected chi connectivity index (χ3v) is 5.32. The molecular weight excluding hydrogens is 329 g/mol. The van der Waals surface area contributed by atoms with Gasteiger partial charge in [-0.3, -0.25) is 0 Å². The lowest BCUT2D eigenvalue weighted by Gasteiger charge is -2.31. The van der Waals surface area contributed by atoms with E-state index in [4.69, 9.17) is 10.00 Å². The molecule has 1 aromatic carbocycles. The summed E-state index contributed by atoms with van der Waals surface area (Å²) < 4.78 is 19.6. The third kappa shape index (κ3) is 2.53. The molecule has 24 heavy (non-hydrogen) atoms. The lowest BCUT2D eigenvalue weighted by molar-refractivity contribution is 0.171. The molecule has 0 radical (unpaired) electrons. The maximum absolute atomic E-state index is 14.4. The molecule has 0 spiro atoms. The largest absolute Gasteiger partial charge is 0.447 e. The lowest BCUT2D eigenvalue weighted by Crippen LogP contribution is -2.46. The molecule has 1 aliphatic heterocycles. The SMILES string of the molecule is CCC1(CC)COC(=O)N1c1nc(-c2ccc(C#N)cc2)c(F)s1. The van der Waals surface area contributed by atoms with Crippen LogP contribution in [0.5, 0.6) is 0 Å². The Labute approximate surface area is 143 Å². The smallest absolute Gasteiger partial charge is 0.416 e. The van der Waals surface area contributed by atoms with Crippen molar-refractivity contribution in [3.63, 3.8) is 0 Å². The lowest BCUT2D eigenvalue weighted by atomic mass is 9.93.